The quantitative estimate of drug-likeness (QED) is 0.774. The number of ether oxygens (including phenoxy) is 2. The summed E-state index contributed by atoms with van der Waals surface area (Å²) in [6.07, 6.45) is 0.0313. The summed E-state index contributed by atoms with van der Waals surface area (Å²) in [6, 6.07) is 8.51. The molecule has 0 atom stereocenters. The number of pyridine rings is 1. The molecule has 1 aromatic carbocycles. The number of carbonyl (C=O) groups excluding carboxylic acids is 2. The average molecular weight is 383 g/mol. The Balaban J connectivity index is 1.87. The molecule has 6 nitrogen and oxygen atoms in total. The summed E-state index contributed by atoms with van der Waals surface area (Å²) >= 11 is 11.8. The molecule has 0 saturated carbocycles. The lowest BCUT2D eigenvalue weighted by Gasteiger charge is -2.09. The lowest BCUT2D eigenvalue weighted by Crippen LogP contribution is -2.22. The first-order valence-electron chi connectivity index (χ1n) is 7.30. The van der Waals surface area contributed by atoms with Gasteiger partial charge < -0.3 is 14.8 Å². The van der Waals surface area contributed by atoms with E-state index in [-0.39, 0.29) is 17.3 Å². The fourth-order valence-corrected chi connectivity index (χ4v) is 2.37. The summed E-state index contributed by atoms with van der Waals surface area (Å²) in [5, 5.41) is 3.07. The van der Waals surface area contributed by atoms with Crippen LogP contribution < -0.4 is 10.1 Å². The number of halogens is 2. The van der Waals surface area contributed by atoms with E-state index in [4.69, 9.17) is 32.7 Å². The average Bonchev–Trinajstić information content (AvgIpc) is 2.58. The first-order valence-corrected chi connectivity index (χ1v) is 8.05. The molecule has 25 heavy (non-hydrogen) atoms. The molecule has 0 spiro atoms. The number of hydrogen-bond donors (Lipinski definition) is 1. The van der Waals surface area contributed by atoms with Crippen molar-refractivity contribution in [3.8, 4) is 5.75 Å². The third-order valence-corrected chi connectivity index (χ3v) is 3.88. The first kappa shape index (κ1) is 19.0. The Kier molecular flexibility index (Phi) is 6.61. The van der Waals surface area contributed by atoms with E-state index >= 15 is 0 Å². The molecule has 0 aliphatic heterocycles. The number of aryl methyl sites for hydroxylation is 1. The smallest absolute Gasteiger partial charge is 0.310 e. The van der Waals surface area contributed by atoms with Crippen LogP contribution in [0.5, 0.6) is 5.75 Å². The molecule has 1 aromatic heterocycles. The SMILES string of the molecule is COc1cccc(CC(=O)OCC(=O)Nc2nc(C)c(Cl)cc2Cl)c1. The first-order chi connectivity index (χ1) is 11.9. The molecule has 1 heterocycles. The van der Waals surface area contributed by atoms with Gasteiger partial charge in [0.25, 0.3) is 5.91 Å². The largest absolute Gasteiger partial charge is 0.497 e. The number of hydrogen-bond acceptors (Lipinski definition) is 5. The van der Waals surface area contributed by atoms with E-state index in [9.17, 15) is 9.59 Å². The van der Waals surface area contributed by atoms with Gasteiger partial charge in [-0.25, -0.2) is 4.98 Å². The van der Waals surface area contributed by atoms with Crippen molar-refractivity contribution in [1.29, 1.82) is 0 Å². The van der Waals surface area contributed by atoms with Crippen LogP contribution in [0.25, 0.3) is 0 Å². The molecule has 0 aliphatic carbocycles. The second-order valence-corrected chi connectivity index (χ2v) is 5.94. The van der Waals surface area contributed by atoms with Crippen LogP contribution in [0.2, 0.25) is 10.0 Å². The molecule has 0 fully saturated rings. The van der Waals surface area contributed by atoms with Gasteiger partial charge in [0, 0.05) is 0 Å². The Morgan fingerprint density at radius 3 is 2.68 bits per heavy atom. The van der Waals surface area contributed by atoms with Crippen molar-refractivity contribution in [2.24, 2.45) is 0 Å². The van der Waals surface area contributed by atoms with Crippen LogP contribution >= 0.6 is 23.2 Å². The number of nitrogens with zero attached hydrogens (tertiary/aromatic N) is 1. The van der Waals surface area contributed by atoms with Crippen molar-refractivity contribution in [3.05, 3.63) is 51.6 Å². The summed E-state index contributed by atoms with van der Waals surface area (Å²) in [4.78, 5) is 27.8. The topological polar surface area (TPSA) is 77.5 Å². The van der Waals surface area contributed by atoms with Gasteiger partial charge in [0.15, 0.2) is 12.4 Å². The number of nitrogens with one attached hydrogen (secondary N) is 1. The van der Waals surface area contributed by atoms with Crippen molar-refractivity contribution in [2.45, 2.75) is 13.3 Å². The van der Waals surface area contributed by atoms with Gasteiger partial charge in [0.1, 0.15) is 5.75 Å². The van der Waals surface area contributed by atoms with Crippen molar-refractivity contribution >= 4 is 40.9 Å². The predicted molar refractivity (Wildman–Crippen MR) is 95.3 cm³/mol. The monoisotopic (exact) mass is 382 g/mol. The fraction of sp³-hybridized carbons (Fsp3) is 0.235. The minimum atomic E-state index is -0.546. The van der Waals surface area contributed by atoms with Gasteiger partial charge in [-0.05, 0) is 30.7 Å². The predicted octanol–water partition coefficient (Wildman–Crippen LogP) is 3.43. The molecule has 8 heteroatoms. The van der Waals surface area contributed by atoms with Gasteiger partial charge in [-0.15, -0.1) is 0 Å². The van der Waals surface area contributed by atoms with E-state index in [0.717, 1.165) is 5.56 Å². The number of esters is 1. The van der Waals surface area contributed by atoms with Gasteiger partial charge >= 0.3 is 5.97 Å². The fourth-order valence-electron chi connectivity index (χ4n) is 1.96. The third-order valence-electron chi connectivity index (χ3n) is 3.21. The third kappa shape index (κ3) is 5.62. The zero-order valence-corrected chi connectivity index (χ0v) is 15.1. The molecule has 1 amide bonds. The molecular formula is C17H16Cl2N2O4. The molecule has 2 rings (SSSR count). The second-order valence-electron chi connectivity index (χ2n) is 5.12. The molecular weight excluding hydrogens is 367 g/mol. The zero-order chi connectivity index (χ0) is 18.4. The Morgan fingerprint density at radius 1 is 1.20 bits per heavy atom. The molecule has 0 saturated heterocycles. The molecule has 0 aliphatic rings. The van der Waals surface area contributed by atoms with Crippen LogP contribution in [0.15, 0.2) is 30.3 Å². The summed E-state index contributed by atoms with van der Waals surface area (Å²) in [7, 11) is 1.54. The van der Waals surface area contributed by atoms with Crippen LogP contribution in [0, 0.1) is 6.92 Å². The van der Waals surface area contributed by atoms with Crippen molar-refractivity contribution in [1.82, 2.24) is 4.98 Å². The molecule has 0 bridgehead atoms. The highest BCUT2D eigenvalue weighted by atomic mass is 35.5. The molecule has 1 N–H and O–H groups in total. The minimum Gasteiger partial charge on any atom is -0.497 e. The highest BCUT2D eigenvalue weighted by Crippen LogP contribution is 2.25. The number of amides is 1. The van der Waals surface area contributed by atoms with Gasteiger partial charge in [0.2, 0.25) is 0 Å². The van der Waals surface area contributed by atoms with Gasteiger partial charge in [-0.2, -0.15) is 0 Å². The maximum atomic E-state index is 11.9. The minimum absolute atomic E-state index is 0.0313. The van der Waals surface area contributed by atoms with E-state index in [0.29, 0.717) is 16.5 Å². The second kappa shape index (κ2) is 8.69. The van der Waals surface area contributed by atoms with Crippen LogP contribution in [0.4, 0.5) is 5.82 Å². The van der Waals surface area contributed by atoms with E-state index in [1.54, 1.807) is 38.3 Å². The maximum Gasteiger partial charge on any atom is 0.310 e. The molecule has 2 aromatic rings. The van der Waals surface area contributed by atoms with Crippen molar-refractivity contribution in [2.75, 3.05) is 19.0 Å². The van der Waals surface area contributed by atoms with Crippen LogP contribution in [0.1, 0.15) is 11.3 Å². The number of carbonyl (C=O) groups is 2. The van der Waals surface area contributed by atoms with Crippen LogP contribution in [-0.4, -0.2) is 30.6 Å². The number of anilines is 1. The van der Waals surface area contributed by atoms with E-state index in [2.05, 4.69) is 10.3 Å². The highest BCUT2D eigenvalue weighted by Gasteiger charge is 2.13. The van der Waals surface area contributed by atoms with Crippen molar-refractivity contribution in [3.63, 3.8) is 0 Å². The number of rotatable bonds is 6. The number of methoxy groups -OCH3 is 1. The van der Waals surface area contributed by atoms with E-state index in [1.165, 1.54) is 6.07 Å². The molecule has 0 radical (unpaired) electrons. The number of aromatic nitrogens is 1. The molecule has 0 unspecified atom stereocenters. The Morgan fingerprint density at radius 2 is 1.96 bits per heavy atom. The maximum absolute atomic E-state index is 11.9. The van der Waals surface area contributed by atoms with E-state index in [1.807, 2.05) is 0 Å². The van der Waals surface area contributed by atoms with Gasteiger partial charge in [-0.1, -0.05) is 35.3 Å². The Bertz CT molecular complexity index is 796. The lowest BCUT2D eigenvalue weighted by molar-refractivity contribution is -0.146. The lowest BCUT2D eigenvalue weighted by atomic mass is 10.1. The summed E-state index contributed by atoms with van der Waals surface area (Å²) < 4.78 is 10.0. The standard InChI is InChI=1S/C17H16Cl2N2O4/c1-10-13(18)8-14(19)17(20-10)21-15(22)9-25-16(23)7-11-4-3-5-12(6-11)24-2/h3-6,8H,7,9H2,1-2H3,(H,20,21,22). The number of benzene rings is 1. The van der Waals surface area contributed by atoms with Crippen LogP contribution in [0.3, 0.4) is 0 Å². The Hall–Kier alpha value is -2.31. The van der Waals surface area contributed by atoms with Gasteiger partial charge in [-0.3, -0.25) is 9.59 Å². The highest BCUT2D eigenvalue weighted by molar-refractivity contribution is 6.36. The Labute approximate surface area is 155 Å². The van der Waals surface area contributed by atoms with Gasteiger partial charge in [0.05, 0.1) is 29.3 Å². The summed E-state index contributed by atoms with van der Waals surface area (Å²) in [5.74, 6) is -0.274. The summed E-state index contributed by atoms with van der Waals surface area (Å²) in [5.41, 5.74) is 1.25. The summed E-state index contributed by atoms with van der Waals surface area (Å²) in [6.45, 7) is 1.24. The van der Waals surface area contributed by atoms with E-state index < -0.39 is 18.5 Å². The van der Waals surface area contributed by atoms with Crippen LogP contribution in [-0.2, 0) is 20.7 Å². The van der Waals surface area contributed by atoms with Crippen molar-refractivity contribution < 1.29 is 19.1 Å². The molecule has 132 valence electrons. The normalized spacial score (nSPS) is 10.2. The zero-order valence-electron chi connectivity index (χ0n) is 13.6.